The summed E-state index contributed by atoms with van der Waals surface area (Å²) in [4.78, 5) is 21.8. The lowest BCUT2D eigenvalue weighted by atomic mass is 10.1. The van der Waals surface area contributed by atoms with Gasteiger partial charge in [0.15, 0.2) is 0 Å². The van der Waals surface area contributed by atoms with Crippen molar-refractivity contribution in [3.63, 3.8) is 0 Å². The molecule has 1 N–H and O–H groups in total. The Morgan fingerprint density at radius 2 is 1.96 bits per heavy atom. The van der Waals surface area contributed by atoms with Crippen LogP contribution in [0.15, 0.2) is 24.3 Å². The van der Waals surface area contributed by atoms with Crippen LogP contribution in [0.5, 0.6) is 0 Å². The van der Waals surface area contributed by atoms with E-state index in [-0.39, 0.29) is 5.91 Å². The number of hydrogen-bond donors (Lipinski definition) is 1. The topological polar surface area (TPSA) is 66.3 Å². The summed E-state index contributed by atoms with van der Waals surface area (Å²) < 4.78 is 1.64. The Morgan fingerprint density at radius 3 is 2.70 bits per heavy atom. The molecular weight excluding hydrogens is 340 g/mol. The van der Waals surface area contributed by atoms with Gasteiger partial charge >= 0.3 is 0 Å². The molecule has 1 aromatic carbocycles. The second kappa shape index (κ2) is 7.78. The number of aromatic nitrogens is 3. The molecule has 1 atom stereocenters. The molecule has 1 aromatic heterocycles. The van der Waals surface area contributed by atoms with Gasteiger partial charge in [-0.2, -0.15) is 4.98 Å². The number of carbonyl (C=O) groups is 1. The SMILES string of the molecule is Cc1nc(NC(=O)c2ccc(CN3CCCN4CCC[C@H]4C3)cc2)nn1C. The van der Waals surface area contributed by atoms with Gasteiger partial charge in [0.2, 0.25) is 5.95 Å². The molecule has 0 aliphatic carbocycles. The van der Waals surface area contributed by atoms with E-state index in [1.54, 1.807) is 11.7 Å². The molecule has 4 rings (SSSR count). The van der Waals surface area contributed by atoms with Crippen molar-refractivity contribution in [1.29, 1.82) is 0 Å². The third kappa shape index (κ3) is 4.20. The van der Waals surface area contributed by atoms with E-state index in [0.717, 1.165) is 31.5 Å². The molecule has 27 heavy (non-hydrogen) atoms. The molecule has 7 nitrogen and oxygen atoms in total. The van der Waals surface area contributed by atoms with Gasteiger partial charge in [-0.05, 0) is 63.5 Å². The number of nitrogens with zero attached hydrogens (tertiary/aromatic N) is 5. The largest absolute Gasteiger partial charge is 0.299 e. The number of nitrogens with one attached hydrogen (secondary N) is 1. The molecule has 0 spiro atoms. The maximum absolute atomic E-state index is 12.4. The van der Waals surface area contributed by atoms with Crippen LogP contribution in [0.3, 0.4) is 0 Å². The lowest BCUT2D eigenvalue weighted by Gasteiger charge is -2.25. The average molecular weight is 368 g/mol. The minimum atomic E-state index is -0.177. The number of benzene rings is 1. The number of anilines is 1. The zero-order valence-corrected chi connectivity index (χ0v) is 16.2. The Bertz CT molecular complexity index is 780. The number of amides is 1. The molecule has 3 heterocycles. The highest BCUT2D eigenvalue weighted by Gasteiger charge is 2.28. The van der Waals surface area contributed by atoms with Gasteiger partial charge in [-0.3, -0.25) is 24.6 Å². The summed E-state index contributed by atoms with van der Waals surface area (Å²) in [5, 5.41) is 6.93. The molecule has 7 heteroatoms. The summed E-state index contributed by atoms with van der Waals surface area (Å²) >= 11 is 0. The minimum absolute atomic E-state index is 0.177. The third-order valence-electron chi connectivity index (χ3n) is 5.72. The molecule has 144 valence electrons. The summed E-state index contributed by atoms with van der Waals surface area (Å²) in [6.07, 6.45) is 3.91. The van der Waals surface area contributed by atoms with Crippen molar-refractivity contribution >= 4 is 11.9 Å². The average Bonchev–Trinajstić information content (AvgIpc) is 3.16. The van der Waals surface area contributed by atoms with Crippen LogP contribution < -0.4 is 5.32 Å². The normalized spacial score (nSPS) is 21.0. The molecule has 2 aromatic rings. The van der Waals surface area contributed by atoms with Crippen LogP contribution in [0.25, 0.3) is 0 Å². The van der Waals surface area contributed by atoms with Crippen molar-refractivity contribution < 1.29 is 4.79 Å². The quantitative estimate of drug-likeness (QED) is 0.895. The monoisotopic (exact) mass is 368 g/mol. The van der Waals surface area contributed by atoms with E-state index in [0.29, 0.717) is 11.5 Å². The fourth-order valence-electron chi connectivity index (χ4n) is 4.14. The Hall–Kier alpha value is -2.25. The van der Waals surface area contributed by atoms with E-state index < -0.39 is 0 Å². The standard InChI is InChI=1S/C20H28N6O/c1-15-21-20(23-24(15)2)22-19(27)17-8-6-16(7-9-17)13-25-10-4-12-26-11-3-5-18(26)14-25/h6-9,18H,3-5,10-14H2,1-2H3,(H,22,23,27)/t18-/m0/s1. The lowest BCUT2D eigenvalue weighted by Crippen LogP contribution is -2.36. The van der Waals surface area contributed by atoms with Crippen LogP contribution >= 0.6 is 0 Å². The van der Waals surface area contributed by atoms with Gasteiger partial charge in [-0.1, -0.05) is 12.1 Å². The Balaban J connectivity index is 1.36. The molecule has 0 radical (unpaired) electrons. The van der Waals surface area contributed by atoms with Crippen molar-refractivity contribution in [3.05, 3.63) is 41.2 Å². The van der Waals surface area contributed by atoms with Gasteiger partial charge in [-0.15, -0.1) is 5.10 Å². The first-order valence-electron chi connectivity index (χ1n) is 9.83. The Morgan fingerprint density at radius 1 is 1.19 bits per heavy atom. The van der Waals surface area contributed by atoms with Gasteiger partial charge in [0.1, 0.15) is 5.82 Å². The predicted molar refractivity (Wildman–Crippen MR) is 105 cm³/mol. The molecular formula is C20H28N6O. The van der Waals surface area contributed by atoms with Gasteiger partial charge in [0.05, 0.1) is 0 Å². The molecule has 0 saturated carbocycles. The molecule has 0 bridgehead atoms. The van der Waals surface area contributed by atoms with Gasteiger partial charge < -0.3 is 0 Å². The zero-order valence-electron chi connectivity index (χ0n) is 16.2. The summed E-state index contributed by atoms with van der Waals surface area (Å²) in [6, 6.07) is 8.62. The molecule has 1 amide bonds. The third-order valence-corrected chi connectivity index (χ3v) is 5.72. The maximum Gasteiger partial charge on any atom is 0.258 e. The van der Waals surface area contributed by atoms with Crippen molar-refractivity contribution in [2.45, 2.75) is 38.8 Å². The molecule has 2 aliphatic heterocycles. The van der Waals surface area contributed by atoms with Crippen molar-refractivity contribution in [3.8, 4) is 0 Å². The molecule has 2 saturated heterocycles. The summed E-state index contributed by atoms with van der Waals surface area (Å²) in [5.41, 5.74) is 1.88. The fraction of sp³-hybridized carbons (Fsp3) is 0.550. The van der Waals surface area contributed by atoms with Crippen molar-refractivity contribution in [1.82, 2.24) is 24.6 Å². The predicted octanol–water partition coefficient (Wildman–Crippen LogP) is 2.05. The number of aryl methyl sites for hydroxylation is 2. The summed E-state index contributed by atoms with van der Waals surface area (Å²) in [6.45, 7) is 7.62. The van der Waals surface area contributed by atoms with E-state index in [9.17, 15) is 4.79 Å². The Kier molecular flexibility index (Phi) is 5.22. The highest BCUT2D eigenvalue weighted by Crippen LogP contribution is 2.22. The van der Waals surface area contributed by atoms with Crippen LogP contribution in [-0.2, 0) is 13.6 Å². The van der Waals surface area contributed by atoms with Crippen LogP contribution in [-0.4, -0.2) is 62.7 Å². The number of fused-ring (bicyclic) bond motifs is 1. The zero-order chi connectivity index (χ0) is 18.8. The highest BCUT2D eigenvalue weighted by molar-refractivity contribution is 6.03. The van der Waals surface area contributed by atoms with Gasteiger partial charge in [0.25, 0.3) is 5.91 Å². The molecule has 0 unspecified atom stereocenters. The van der Waals surface area contributed by atoms with Gasteiger partial charge in [-0.25, -0.2) is 0 Å². The van der Waals surface area contributed by atoms with Crippen molar-refractivity contribution in [2.24, 2.45) is 7.05 Å². The van der Waals surface area contributed by atoms with Gasteiger partial charge in [0, 0.05) is 31.7 Å². The van der Waals surface area contributed by atoms with E-state index in [2.05, 4.69) is 37.3 Å². The Labute approximate surface area is 160 Å². The van der Waals surface area contributed by atoms with Crippen LogP contribution in [0.4, 0.5) is 5.95 Å². The fourth-order valence-corrected chi connectivity index (χ4v) is 4.14. The highest BCUT2D eigenvalue weighted by atomic mass is 16.1. The second-order valence-electron chi connectivity index (χ2n) is 7.68. The van der Waals surface area contributed by atoms with Crippen LogP contribution in [0.1, 0.15) is 41.0 Å². The first kappa shape index (κ1) is 18.1. The van der Waals surface area contributed by atoms with Crippen molar-refractivity contribution in [2.75, 3.05) is 31.5 Å². The number of carbonyl (C=O) groups excluding carboxylic acids is 1. The van der Waals surface area contributed by atoms with Crippen LogP contribution in [0.2, 0.25) is 0 Å². The van der Waals surface area contributed by atoms with E-state index in [1.165, 1.54) is 37.9 Å². The smallest absolute Gasteiger partial charge is 0.258 e. The van der Waals surface area contributed by atoms with E-state index in [1.807, 2.05) is 19.1 Å². The summed E-state index contributed by atoms with van der Waals surface area (Å²) in [5.74, 6) is 0.928. The summed E-state index contributed by atoms with van der Waals surface area (Å²) in [7, 11) is 1.81. The maximum atomic E-state index is 12.4. The van der Waals surface area contributed by atoms with E-state index in [4.69, 9.17) is 0 Å². The second-order valence-corrected chi connectivity index (χ2v) is 7.68. The number of hydrogen-bond acceptors (Lipinski definition) is 5. The first-order valence-corrected chi connectivity index (χ1v) is 9.83. The first-order chi connectivity index (χ1) is 13.1. The lowest BCUT2D eigenvalue weighted by molar-refractivity contribution is 0.102. The number of rotatable bonds is 4. The molecule has 2 aliphatic rings. The molecule has 2 fully saturated rings. The minimum Gasteiger partial charge on any atom is -0.299 e. The van der Waals surface area contributed by atoms with Crippen LogP contribution in [0, 0.1) is 6.92 Å². The van der Waals surface area contributed by atoms with E-state index >= 15 is 0 Å².